The van der Waals surface area contributed by atoms with E-state index in [1.54, 1.807) is 6.92 Å². The fourth-order valence-corrected chi connectivity index (χ4v) is 3.50. The maximum absolute atomic E-state index is 12.5. The molecule has 0 spiro atoms. The summed E-state index contributed by atoms with van der Waals surface area (Å²) in [4.78, 5) is 28.4. The van der Waals surface area contributed by atoms with Gasteiger partial charge in [0, 0.05) is 11.8 Å². The number of aromatic hydroxyl groups is 1. The third-order valence-corrected chi connectivity index (χ3v) is 5.18. The molecule has 5 nitrogen and oxygen atoms in total. The predicted molar refractivity (Wildman–Crippen MR) is 111 cm³/mol. The zero-order chi connectivity index (χ0) is 20.3. The van der Waals surface area contributed by atoms with E-state index in [9.17, 15) is 14.7 Å². The van der Waals surface area contributed by atoms with Crippen LogP contribution in [0.15, 0.2) is 46.9 Å². The Kier molecular flexibility index (Phi) is 6.09. The minimum Gasteiger partial charge on any atom is -0.504 e. The van der Waals surface area contributed by atoms with Crippen molar-refractivity contribution in [3.05, 3.63) is 58.2 Å². The average Bonchev–Trinajstić information content (AvgIpc) is 2.68. The lowest BCUT2D eigenvalue weighted by Crippen LogP contribution is -2.09. The summed E-state index contributed by atoms with van der Waals surface area (Å²) in [5.41, 5.74) is 3.69. The first-order valence-corrected chi connectivity index (χ1v) is 9.78. The molecule has 0 aliphatic rings. The molecule has 0 saturated carbocycles. The van der Waals surface area contributed by atoms with Gasteiger partial charge in [0.2, 0.25) is 0 Å². The lowest BCUT2D eigenvalue weighted by molar-refractivity contribution is -0.143. The van der Waals surface area contributed by atoms with Gasteiger partial charge < -0.3 is 9.84 Å². The molecule has 144 valence electrons. The second-order valence-electron chi connectivity index (χ2n) is 6.45. The first kappa shape index (κ1) is 20.0. The number of pyridine rings is 1. The molecule has 0 aliphatic carbocycles. The van der Waals surface area contributed by atoms with Gasteiger partial charge in [-0.3, -0.25) is 9.59 Å². The number of fused-ring (bicyclic) bond motifs is 1. The number of benzene rings is 2. The van der Waals surface area contributed by atoms with E-state index in [0.717, 1.165) is 16.7 Å². The van der Waals surface area contributed by atoms with Gasteiger partial charge in [0.25, 0.3) is 0 Å². The van der Waals surface area contributed by atoms with E-state index in [2.05, 4.69) is 27.0 Å². The Hall–Kier alpha value is -2.73. The summed E-state index contributed by atoms with van der Waals surface area (Å²) in [6.07, 6.45) is -0.123. The molecule has 0 saturated heterocycles. The third-order valence-electron chi connectivity index (χ3n) is 4.38. The minimum atomic E-state index is -0.447. The number of nitrogens with zero attached hydrogens (tertiary/aromatic N) is 1. The monoisotopic (exact) mass is 441 g/mol. The van der Waals surface area contributed by atoms with Crippen LogP contribution in [0.2, 0.25) is 0 Å². The number of hydrogen-bond donors (Lipinski definition) is 1. The van der Waals surface area contributed by atoms with E-state index in [0.29, 0.717) is 15.4 Å². The van der Waals surface area contributed by atoms with Gasteiger partial charge in [0.05, 0.1) is 23.0 Å². The van der Waals surface area contributed by atoms with E-state index in [1.165, 1.54) is 0 Å². The van der Waals surface area contributed by atoms with Crippen LogP contribution >= 0.6 is 15.9 Å². The van der Waals surface area contributed by atoms with Crippen LogP contribution in [0.3, 0.4) is 0 Å². The molecule has 0 atom stereocenters. The second-order valence-corrected chi connectivity index (χ2v) is 7.25. The van der Waals surface area contributed by atoms with Gasteiger partial charge in [-0.2, -0.15) is 0 Å². The molecule has 6 heteroatoms. The summed E-state index contributed by atoms with van der Waals surface area (Å²) in [6.45, 7) is 4.00. The van der Waals surface area contributed by atoms with Gasteiger partial charge in [0.1, 0.15) is 5.69 Å². The molecule has 1 heterocycles. The van der Waals surface area contributed by atoms with Crippen LogP contribution in [0.5, 0.6) is 5.75 Å². The van der Waals surface area contributed by atoms with Crippen molar-refractivity contribution in [3.63, 3.8) is 0 Å². The second kappa shape index (κ2) is 8.52. The van der Waals surface area contributed by atoms with Crippen LogP contribution in [0, 0.1) is 6.92 Å². The lowest BCUT2D eigenvalue weighted by Gasteiger charge is -2.10. The first-order valence-electron chi connectivity index (χ1n) is 8.98. The molecule has 0 radical (unpaired) electrons. The molecule has 0 aliphatic heterocycles. The van der Waals surface area contributed by atoms with E-state index in [4.69, 9.17) is 4.74 Å². The molecular weight excluding hydrogens is 422 g/mol. The van der Waals surface area contributed by atoms with Crippen molar-refractivity contribution in [2.45, 2.75) is 26.7 Å². The van der Waals surface area contributed by atoms with Crippen molar-refractivity contribution in [1.82, 2.24) is 4.98 Å². The largest absolute Gasteiger partial charge is 0.504 e. The van der Waals surface area contributed by atoms with Crippen molar-refractivity contribution in [3.8, 4) is 16.9 Å². The Morgan fingerprint density at radius 3 is 2.57 bits per heavy atom. The molecule has 0 amide bonds. The van der Waals surface area contributed by atoms with E-state index < -0.39 is 11.8 Å². The SMILES string of the molecule is CCOC(=O)CCC(=O)c1nc2cc(-c3cccc(C)c3)ccc2c(Br)c1O. The summed E-state index contributed by atoms with van der Waals surface area (Å²) in [7, 11) is 0. The highest BCUT2D eigenvalue weighted by molar-refractivity contribution is 9.10. The zero-order valence-electron chi connectivity index (χ0n) is 15.7. The number of hydrogen-bond acceptors (Lipinski definition) is 5. The summed E-state index contributed by atoms with van der Waals surface area (Å²) in [5.74, 6) is -1.07. The summed E-state index contributed by atoms with van der Waals surface area (Å²) < 4.78 is 5.25. The number of aromatic nitrogens is 1. The van der Waals surface area contributed by atoms with E-state index in [-0.39, 0.29) is 30.9 Å². The summed E-state index contributed by atoms with van der Waals surface area (Å²) in [6, 6.07) is 13.8. The molecular formula is C22H20BrNO4. The number of ether oxygens (including phenoxy) is 1. The average molecular weight is 442 g/mol. The Labute approximate surface area is 171 Å². The summed E-state index contributed by atoms with van der Waals surface area (Å²) in [5, 5.41) is 11.1. The Morgan fingerprint density at radius 1 is 1.11 bits per heavy atom. The molecule has 3 rings (SSSR count). The van der Waals surface area contributed by atoms with Crippen LogP contribution in [0.4, 0.5) is 0 Å². The van der Waals surface area contributed by atoms with E-state index in [1.807, 2.05) is 43.3 Å². The number of carbonyl (C=O) groups is 2. The zero-order valence-corrected chi connectivity index (χ0v) is 17.2. The number of esters is 1. The molecule has 0 bridgehead atoms. The smallest absolute Gasteiger partial charge is 0.306 e. The normalized spacial score (nSPS) is 10.8. The maximum Gasteiger partial charge on any atom is 0.306 e. The highest BCUT2D eigenvalue weighted by Gasteiger charge is 2.20. The van der Waals surface area contributed by atoms with Crippen LogP contribution in [-0.4, -0.2) is 28.4 Å². The lowest BCUT2D eigenvalue weighted by atomic mass is 10.0. The number of ketones is 1. The predicted octanol–water partition coefficient (Wildman–Crippen LogP) is 5.20. The van der Waals surface area contributed by atoms with Crippen LogP contribution in [0.25, 0.3) is 22.0 Å². The summed E-state index contributed by atoms with van der Waals surface area (Å²) >= 11 is 3.36. The van der Waals surface area contributed by atoms with Crippen molar-refractivity contribution >= 4 is 38.6 Å². The molecule has 0 fully saturated rings. The fourth-order valence-electron chi connectivity index (χ4n) is 2.98. The maximum atomic E-state index is 12.5. The molecule has 1 N–H and O–H groups in total. The van der Waals surface area contributed by atoms with Crippen molar-refractivity contribution in [1.29, 1.82) is 0 Å². The third kappa shape index (κ3) is 4.22. The number of rotatable bonds is 6. The van der Waals surface area contributed by atoms with Crippen molar-refractivity contribution < 1.29 is 19.4 Å². The molecule has 1 aromatic heterocycles. The van der Waals surface area contributed by atoms with Crippen LogP contribution in [0.1, 0.15) is 35.8 Å². The van der Waals surface area contributed by atoms with Crippen molar-refractivity contribution in [2.24, 2.45) is 0 Å². The molecule has 3 aromatic rings. The number of Topliss-reactive ketones (excluding diaryl/α,β-unsaturated/α-hetero) is 1. The molecule has 28 heavy (non-hydrogen) atoms. The highest BCUT2D eigenvalue weighted by atomic mass is 79.9. The number of carbonyl (C=O) groups excluding carboxylic acids is 2. The molecule has 0 unspecified atom stereocenters. The van der Waals surface area contributed by atoms with Gasteiger partial charge in [0.15, 0.2) is 11.5 Å². The minimum absolute atomic E-state index is 0.0488. The molecule has 2 aromatic carbocycles. The van der Waals surface area contributed by atoms with Gasteiger partial charge in [-0.05, 0) is 47.0 Å². The van der Waals surface area contributed by atoms with Crippen LogP contribution < -0.4 is 0 Å². The number of aryl methyl sites for hydroxylation is 1. The van der Waals surface area contributed by atoms with Crippen LogP contribution in [-0.2, 0) is 9.53 Å². The topological polar surface area (TPSA) is 76.5 Å². The van der Waals surface area contributed by atoms with Gasteiger partial charge >= 0.3 is 5.97 Å². The Bertz CT molecular complexity index is 1060. The fraction of sp³-hybridized carbons (Fsp3) is 0.227. The Morgan fingerprint density at radius 2 is 1.86 bits per heavy atom. The van der Waals surface area contributed by atoms with Gasteiger partial charge in [-0.1, -0.05) is 42.0 Å². The van der Waals surface area contributed by atoms with Crippen molar-refractivity contribution in [2.75, 3.05) is 6.61 Å². The van der Waals surface area contributed by atoms with E-state index >= 15 is 0 Å². The van der Waals surface area contributed by atoms with Gasteiger partial charge in [-0.25, -0.2) is 4.98 Å². The van der Waals surface area contributed by atoms with Gasteiger partial charge in [-0.15, -0.1) is 0 Å². The highest BCUT2D eigenvalue weighted by Crippen LogP contribution is 2.36. The quantitative estimate of drug-likeness (QED) is 0.419. The Balaban J connectivity index is 1.98. The standard InChI is InChI=1S/C22H20BrNO4/c1-3-28-19(26)10-9-18(25)21-22(27)20(23)16-8-7-15(12-17(16)24-21)14-6-4-5-13(2)11-14/h4-8,11-12,27H,3,9-10H2,1-2H3. The number of halogens is 1. The first-order chi connectivity index (χ1) is 13.4.